The van der Waals surface area contributed by atoms with Crippen molar-refractivity contribution in [2.24, 2.45) is 5.41 Å². The Labute approximate surface area is 185 Å². The molecule has 0 N–H and O–H groups in total. The molecule has 5 heteroatoms. The molecule has 0 atom stereocenters. The van der Waals surface area contributed by atoms with Crippen molar-refractivity contribution in [2.45, 2.75) is 118 Å². The molecule has 30 heavy (non-hydrogen) atoms. The predicted molar refractivity (Wildman–Crippen MR) is 123 cm³/mol. The molecule has 0 aliphatic heterocycles. The molecule has 0 rings (SSSR count). The molecule has 0 saturated carbocycles. The quantitative estimate of drug-likeness (QED) is 0.117. The van der Waals surface area contributed by atoms with Gasteiger partial charge in [-0.2, -0.15) is 0 Å². The second-order valence-corrected chi connectivity index (χ2v) is 8.15. The molecule has 178 valence electrons. The second kappa shape index (κ2) is 19.8. The average molecular weight is 429 g/mol. The zero-order valence-corrected chi connectivity index (χ0v) is 20.3. The molecule has 0 aromatic heterocycles. The number of carbonyl (C=O) groups is 2. The van der Waals surface area contributed by atoms with Crippen LogP contribution in [0.3, 0.4) is 0 Å². The van der Waals surface area contributed by atoms with E-state index in [2.05, 4.69) is 6.92 Å². The summed E-state index contributed by atoms with van der Waals surface area (Å²) in [6.07, 6.45) is 15.9. The molecule has 0 saturated heterocycles. The standard InChI is InChI=1S/C25H48O5/c1-5-9-10-11-12-13-14-15-16-17-18-19-20-29-23(26)25(6-2,7-3)24(27)30-22-21-28-8-4/h5-22H2,1-4H3. The van der Waals surface area contributed by atoms with Crippen LogP contribution < -0.4 is 0 Å². The maximum absolute atomic E-state index is 12.6. The number of esters is 2. The highest BCUT2D eigenvalue weighted by molar-refractivity contribution is 5.99. The summed E-state index contributed by atoms with van der Waals surface area (Å²) in [5.41, 5.74) is -1.19. The molecule has 0 aliphatic carbocycles. The highest BCUT2D eigenvalue weighted by Crippen LogP contribution is 2.30. The van der Waals surface area contributed by atoms with Crippen LogP contribution in [-0.4, -0.2) is 38.4 Å². The fourth-order valence-electron chi connectivity index (χ4n) is 3.63. The Balaban J connectivity index is 3.90. The minimum Gasteiger partial charge on any atom is -0.465 e. The summed E-state index contributed by atoms with van der Waals surface area (Å²) in [7, 11) is 0. The van der Waals surface area contributed by atoms with Gasteiger partial charge >= 0.3 is 11.9 Å². The highest BCUT2D eigenvalue weighted by atomic mass is 16.6. The maximum atomic E-state index is 12.6. The first-order valence-corrected chi connectivity index (χ1v) is 12.5. The van der Waals surface area contributed by atoms with Crippen LogP contribution in [-0.2, 0) is 23.8 Å². The Bertz CT molecular complexity index is 418. The van der Waals surface area contributed by atoms with Gasteiger partial charge in [-0.15, -0.1) is 0 Å². The van der Waals surface area contributed by atoms with E-state index < -0.39 is 17.4 Å². The van der Waals surface area contributed by atoms with Crippen LogP contribution in [0, 0.1) is 5.41 Å². The lowest BCUT2D eigenvalue weighted by atomic mass is 9.82. The van der Waals surface area contributed by atoms with Crippen molar-refractivity contribution in [1.29, 1.82) is 0 Å². The van der Waals surface area contributed by atoms with Crippen LogP contribution in [0.25, 0.3) is 0 Å². The Kier molecular flexibility index (Phi) is 19.1. The molecular weight excluding hydrogens is 380 g/mol. The van der Waals surface area contributed by atoms with E-state index >= 15 is 0 Å². The fraction of sp³-hybridized carbons (Fsp3) is 0.920. The SMILES string of the molecule is CCCCCCCCCCCCCCOC(=O)C(CC)(CC)C(=O)OCCOCC. The number of unbranched alkanes of at least 4 members (excludes halogenated alkanes) is 11. The molecule has 0 fully saturated rings. The van der Waals surface area contributed by atoms with E-state index in [0.29, 0.717) is 32.7 Å². The maximum Gasteiger partial charge on any atom is 0.323 e. The van der Waals surface area contributed by atoms with E-state index in [1.807, 2.05) is 20.8 Å². The summed E-state index contributed by atoms with van der Waals surface area (Å²) >= 11 is 0. The summed E-state index contributed by atoms with van der Waals surface area (Å²) < 4.78 is 15.9. The van der Waals surface area contributed by atoms with Crippen molar-refractivity contribution < 1.29 is 23.8 Å². The van der Waals surface area contributed by atoms with E-state index in [9.17, 15) is 9.59 Å². The predicted octanol–water partition coefficient (Wildman–Crippen LogP) is 6.62. The Morgan fingerprint density at radius 3 is 1.43 bits per heavy atom. The topological polar surface area (TPSA) is 61.8 Å². The Hall–Kier alpha value is -1.10. The number of ether oxygens (including phenoxy) is 3. The molecule has 0 bridgehead atoms. The number of carbonyl (C=O) groups excluding carboxylic acids is 2. The minimum absolute atomic E-state index is 0.167. The van der Waals surface area contributed by atoms with Crippen LogP contribution in [0.2, 0.25) is 0 Å². The van der Waals surface area contributed by atoms with Gasteiger partial charge in [0.05, 0.1) is 13.2 Å². The molecule has 0 aromatic rings. The zero-order valence-electron chi connectivity index (χ0n) is 20.3. The van der Waals surface area contributed by atoms with Crippen molar-refractivity contribution in [2.75, 3.05) is 26.4 Å². The van der Waals surface area contributed by atoms with Crippen molar-refractivity contribution >= 4 is 11.9 Å². The van der Waals surface area contributed by atoms with Crippen molar-refractivity contribution in [1.82, 2.24) is 0 Å². The number of hydrogen-bond donors (Lipinski definition) is 0. The fourth-order valence-corrected chi connectivity index (χ4v) is 3.63. The smallest absolute Gasteiger partial charge is 0.323 e. The Morgan fingerprint density at radius 2 is 1.00 bits per heavy atom. The summed E-state index contributed by atoms with van der Waals surface area (Å²) in [6.45, 7) is 9.27. The van der Waals surface area contributed by atoms with Gasteiger partial charge in [0, 0.05) is 6.61 Å². The molecule has 0 unspecified atom stereocenters. The third-order valence-electron chi connectivity index (χ3n) is 5.88. The van der Waals surface area contributed by atoms with Gasteiger partial charge in [0.15, 0.2) is 5.41 Å². The molecular formula is C25H48O5. The third-order valence-corrected chi connectivity index (χ3v) is 5.88. The number of hydrogen-bond acceptors (Lipinski definition) is 5. The van der Waals surface area contributed by atoms with Crippen molar-refractivity contribution in [3.05, 3.63) is 0 Å². The lowest BCUT2D eigenvalue weighted by molar-refractivity contribution is -0.174. The first-order valence-electron chi connectivity index (χ1n) is 12.5. The van der Waals surface area contributed by atoms with Gasteiger partial charge in [-0.3, -0.25) is 9.59 Å². The highest BCUT2D eigenvalue weighted by Gasteiger charge is 2.45. The van der Waals surface area contributed by atoms with E-state index in [0.717, 1.165) is 12.8 Å². The molecule has 0 spiro atoms. The zero-order chi connectivity index (χ0) is 22.5. The first kappa shape index (κ1) is 28.9. The van der Waals surface area contributed by atoms with Crippen LogP contribution in [0.4, 0.5) is 0 Å². The summed E-state index contributed by atoms with van der Waals surface area (Å²) in [5.74, 6) is -0.941. The van der Waals surface area contributed by atoms with Gasteiger partial charge in [-0.05, 0) is 26.2 Å². The first-order chi connectivity index (χ1) is 14.6. The van der Waals surface area contributed by atoms with Crippen LogP contribution in [0.5, 0.6) is 0 Å². The van der Waals surface area contributed by atoms with E-state index in [4.69, 9.17) is 14.2 Å². The van der Waals surface area contributed by atoms with E-state index in [1.54, 1.807) is 0 Å². The second-order valence-electron chi connectivity index (χ2n) is 8.15. The van der Waals surface area contributed by atoms with Gasteiger partial charge in [-0.1, -0.05) is 91.4 Å². The van der Waals surface area contributed by atoms with E-state index in [-0.39, 0.29) is 6.61 Å². The van der Waals surface area contributed by atoms with Gasteiger partial charge in [0.2, 0.25) is 0 Å². The number of rotatable bonds is 21. The van der Waals surface area contributed by atoms with Crippen molar-refractivity contribution in [3.63, 3.8) is 0 Å². The average Bonchev–Trinajstić information content (AvgIpc) is 2.75. The van der Waals surface area contributed by atoms with E-state index in [1.165, 1.54) is 64.2 Å². The van der Waals surface area contributed by atoms with Gasteiger partial charge < -0.3 is 14.2 Å². The molecule has 0 aliphatic rings. The monoisotopic (exact) mass is 428 g/mol. The molecule has 0 aromatic carbocycles. The largest absolute Gasteiger partial charge is 0.465 e. The summed E-state index contributed by atoms with van der Waals surface area (Å²) in [4.78, 5) is 25.1. The summed E-state index contributed by atoms with van der Waals surface area (Å²) in [6, 6.07) is 0. The van der Waals surface area contributed by atoms with Gasteiger partial charge in [0.1, 0.15) is 6.61 Å². The molecule has 5 nitrogen and oxygen atoms in total. The molecule has 0 amide bonds. The summed E-state index contributed by atoms with van der Waals surface area (Å²) in [5, 5.41) is 0. The molecule has 0 heterocycles. The van der Waals surface area contributed by atoms with Gasteiger partial charge in [-0.25, -0.2) is 0 Å². The van der Waals surface area contributed by atoms with Gasteiger partial charge in [0.25, 0.3) is 0 Å². The Morgan fingerprint density at radius 1 is 0.567 bits per heavy atom. The normalized spacial score (nSPS) is 11.5. The van der Waals surface area contributed by atoms with Crippen molar-refractivity contribution in [3.8, 4) is 0 Å². The van der Waals surface area contributed by atoms with Crippen LogP contribution >= 0.6 is 0 Å². The minimum atomic E-state index is -1.19. The van der Waals surface area contributed by atoms with Crippen LogP contribution in [0.1, 0.15) is 118 Å². The molecule has 0 radical (unpaired) electrons. The van der Waals surface area contributed by atoms with Crippen LogP contribution in [0.15, 0.2) is 0 Å². The lowest BCUT2D eigenvalue weighted by Gasteiger charge is -2.26. The third kappa shape index (κ3) is 12.6. The lowest BCUT2D eigenvalue weighted by Crippen LogP contribution is -2.41.